The Hall–Kier alpha value is -1.39. The van der Waals surface area contributed by atoms with Gasteiger partial charge in [0.2, 0.25) is 0 Å². The van der Waals surface area contributed by atoms with Gasteiger partial charge in [0.25, 0.3) is 0 Å². The van der Waals surface area contributed by atoms with Crippen LogP contribution in [0.4, 0.5) is 0 Å². The topological polar surface area (TPSA) is 58.6 Å². The molecule has 0 bridgehead atoms. The molecular weight excluding hydrogens is 230 g/mol. The molecule has 0 aliphatic heterocycles. The summed E-state index contributed by atoms with van der Waals surface area (Å²) in [6.07, 6.45) is 0.133. The maximum Gasteiger partial charge on any atom is 0.304 e. The molecule has 0 saturated carbocycles. The monoisotopic (exact) mass is 251 g/mol. The second-order valence-corrected chi connectivity index (χ2v) is 4.29. The largest absolute Gasteiger partial charge is 0.481 e. The highest BCUT2D eigenvalue weighted by molar-refractivity contribution is 5.67. The van der Waals surface area contributed by atoms with Crippen molar-refractivity contribution in [3.8, 4) is 0 Å². The van der Waals surface area contributed by atoms with E-state index in [-0.39, 0.29) is 12.5 Å². The van der Waals surface area contributed by atoms with E-state index in [2.05, 4.69) is 5.32 Å². The molecule has 2 N–H and O–H groups in total. The summed E-state index contributed by atoms with van der Waals surface area (Å²) in [5.74, 6) is -0.780. The van der Waals surface area contributed by atoms with Gasteiger partial charge in [-0.05, 0) is 25.0 Å². The molecule has 0 saturated heterocycles. The first-order valence-corrected chi connectivity index (χ1v) is 6.23. The van der Waals surface area contributed by atoms with Crippen LogP contribution in [0.15, 0.2) is 24.3 Å². The molecule has 0 radical (unpaired) electrons. The van der Waals surface area contributed by atoms with Crippen molar-refractivity contribution in [3.05, 3.63) is 35.4 Å². The molecule has 1 aromatic rings. The van der Waals surface area contributed by atoms with Crippen molar-refractivity contribution in [1.82, 2.24) is 5.32 Å². The van der Waals surface area contributed by atoms with Crippen LogP contribution in [-0.2, 0) is 22.7 Å². The van der Waals surface area contributed by atoms with E-state index < -0.39 is 5.97 Å². The highest BCUT2D eigenvalue weighted by Gasteiger charge is 2.08. The second-order valence-electron chi connectivity index (χ2n) is 4.29. The molecule has 0 amide bonds. The van der Waals surface area contributed by atoms with Crippen LogP contribution in [0.2, 0.25) is 0 Å². The number of aliphatic carboxylic acids is 1. The second kappa shape index (κ2) is 7.84. The maximum atomic E-state index is 10.6. The Morgan fingerprint density at radius 3 is 2.67 bits per heavy atom. The molecule has 4 heteroatoms. The van der Waals surface area contributed by atoms with E-state index >= 15 is 0 Å². The quantitative estimate of drug-likeness (QED) is 0.743. The molecule has 1 aromatic carbocycles. The van der Waals surface area contributed by atoms with Crippen LogP contribution in [0, 0.1) is 0 Å². The number of carboxylic acids is 1. The van der Waals surface area contributed by atoms with Crippen LogP contribution in [0.3, 0.4) is 0 Å². The molecule has 100 valence electrons. The Bertz CT molecular complexity index is 379. The highest BCUT2D eigenvalue weighted by atomic mass is 16.5. The normalized spacial score (nSPS) is 12.3. The first-order chi connectivity index (χ1) is 8.63. The van der Waals surface area contributed by atoms with Crippen molar-refractivity contribution in [2.75, 3.05) is 6.61 Å². The number of rotatable bonds is 8. The molecule has 1 atom stereocenters. The van der Waals surface area contributed by atoms with Crippen LogP contribution in [-0.4, -0.2) is 23.7 Å². The van der Waals surface area contributed by atoms with Gasteiger partial charge in [-0.3, -0.25) is 4.79 Å². The molecule has 0 aromatic heterocycles. The van der Waals surface area contributed by atoms with E-state index in [1.165, 1.54) is 0 Å². The number of carbonyl (C=O) groups is 1. The summed E-state index contributed by atoms with van der Waals surface area (Å²) in [5, 5.41) is 11.9. The highest BCUT2D eigenvalue weighted by Crippen LogP contribution is 2.10. The van der Waals surface area contributed by atoms with Gasteiger partial charge < -0.3 is 15.2 Å². The molecule has 1 rings (SSSR count). The fourth-order valence-corrected chi connectivity index (χ4v) is 1.70. The van der Waals surface area contributed by atoms with Gasteiger partial charge in [0.05, 0.1) is 13.0 Å². The van der Waals surface area contributed by atoms with Gasteiger partial charge in [-0.25, -0.2) is 0 Å². The molecule has 1 unspecified atom stereocenters. The van der Waals surface area contributed by atoms with Crippen molar-refractivity contribution in [3.63, 3.8) is 0 Å². The number of hydrogen-bond acceptors (Lipinski definition) is 3. The van der Waals surface area contributed by atoms with E-state index in [4.69, 9.17) is 9.84 Å². The first-order valence-electron chi connectivity index (χ1n) is 6.23. The first kappa shape index (κ1) is 14.7. The zero-order chi connectivity index (χ0) is 13.4. The Labute approximate surface area is 108 Å². The summed E-state index contributed by atoms with van der Waals surface area (Å²) in [6.45, 7) is 5.80. The predicted molar refractivity (Wildman–Crippen MR) is 70.3 cm³/mol. The van der Waals surface area contributed by atoms with Crippen LogP contribution >= 0.6 is 0 Å². The van der Waals surface area contributed by atoms with Crippen molar-refractivity contribution < 1.29 is 14.6 Å². The zero-order valence-corrected chi connectivity index (χ0v) is 11.0. The molecule has 0 aliphatic rings. The molecule has 4 nitrogen and oxygen atoms in total. The predicted octanol–water partition coefficient (Wildman–Crippen LogP) is 2.18. The Morgan fingerprint density at radius 2 is 2.06 bits per heavy atom. The van der Waals surface area contributed by atoms with Gasteiger partial charge in [0.15, 0.2) is 0 Å². The van der Waals surface area contributed by atoms with Crippen molar-refractivity contribution in [2.45, 2.75) is 39.5 Å². The lowest BCUT2D eigenvalue weighted by Crippen LogP contribution is -2.28. The number of ether oxygens (including phenoxy) is 1. The van der Waals surface area contributed by atoms with Gasteiger partial charge >= 0.3 is 5.97 Å². The van der Waals surface area contributed by atoms with Crippen molar-refractivity contribution in [2.24, 2.45) is 0 Å². The summed E-state index contributed by atoms with van der Waals surface area (Å²) in [4.78, 5) is 10.6. The molecule has 0 aliphatic carbocycles. The van der Waals surface area contributed by atoms with Gasteiger partial charge in [0.1, 0.15) is 0 Å². The SMILES string of the molecule is CCOCc1ccccc1CNC(C)CC(=O)O. The fraction of sp³-hybridized carbons (Fsp3) is 0.500. The Balaban J connectivity index is 2.52. The minimum atomic E-state index is -0.780. The standard InChI is InChI=1S/C14H21NO3/c1-3-18-10-13-7-5-4-6-12(13)9-15-11(2)8-14(16)17/h4-7,11,15H,3,8-10H2,1-2H3,(H,16,17). The van der Waals surface area contributed by atoms with Crippen LogP contribution in [0.1, 0.15) is 31.4 Å². The Morgan fingerprint density at radius 1 is 1.39 bits per heavy atom. The van der Waals surface area contributed by atoms with E-state index in [9.17, 15) is 4.79 Å². The van der Waals surface area contributed by atoms with Gasteiger partial charge in [-0.2, -0.15) is 0 Å². The molecule has 18 heavy (non-hydrogen) atoms. The zero-order valence-electron chi connectivity index (χ0n) is 11.0. The minimum Gasteiger partial charge on any atom is -0.481 e. The lowest BCUT2D eigenvalue weighted by Gasteiger charge is -2.14. The number of carboxylic acid groups (broad SMARTS) is 1. The maximum absolute atomic E-state index is 10.6. The average Bonchev–Trinajstić information content (AvgIpc) is 2.34. The smallest absolute Gasteiger partial charge is 0.304 e. The third-order valence-corrected chi connectivity index (χ3v) is 2.70. The summed E-state index contributed by atoms with van der Waals surface area (Å²) < 4.78 is 5.41. The molecule has 0 spiro atoms. The number of nitrogens with one attached hydrogen (secondary N) is 1. The van der Waals surface area contributed by atoms with Crippen LogP contribution in [0.25, 0.3) is 0 Å². The van der Waals surface area contributed by atoms with Gasteiger partial charge in [0, 0.05) is 19.2 Å². The van der Waals surface area contributed by atoms with Gasteiger partial charge in [-0.15, -0.1) is 0 Å². The minimum absolute atomic E-state index is 0.0392. The molecule has 0 fully saturated rings. The fourth-order valence-electron chi connectivity index (χ4n) is 1.70. The summed E-state index contributed by atoms with van der Waals surface area (Å²) in [6, 6.07) is 8.00. The van der Waals surface area contributed by atoms with Crippen LogP contribution in [0.5, 0.6) is 0 Å². The summed E-state index contributed by atoms with van der Waals surface area (Å²) in [7, 11) is 0. The van der Waals surface area contributed by atoms with Gasteiger partial charge in [-0.1, -0.05) is 24.3 Å². The number of hydrogen-bond donors (Lipinski definition) is 2. The van der Waals surface area contributed by atoms with Crippen molar-refractivity contribution >= 4 is 5.97 Å². The van der Waals surface area contributed by atoms with E-state index in [0.717, 1.165) is 11.1 Å². The van der Waals surface area contributed by atoms with Crippen LogP contribution < -0.4 is 5.32 Å². The lowest BCUT2D eigenvalue weighted by atomic mass is 10.1. The number of benzene rings is 1. The van der Waals surface area contributed by atoms with E-state index in [1.807, 2.05) is 38.1 Å². The molecular formula is C14H21NO3. The third-order valence-electron chi connectivity index (χ3n) is 2.70. The average molecular weight is 251 g/mol. The summed E-state index contributed by atoms with van der Waals surface area (Å²) in [5.41, 5.74) is 2.30. The lowest BCUT2D eigenvalue weighted by molar-refractivity contribution is -0.137. The molecule has 0 heterocycles. The van der Waals surface area contributed by atoms with Crippen molar-refractivity contribution in [1.29, 1.82) is 0 Å². The summed E-state index contributed by atoms with van der Waals surface area (Å²) >= 11 is 0. The third kappa shape index (κ3) is 5.29. The van der Waals surface area contributed by atoms with E-state index in [1.54, 1.807) is 0 Å². The van der Waals surface area contributed by atoms with E-state index in [0.29, 0.717) is 19.8 Å². The Kier molecular flexibility index (Phi) is 6.39.